The Morgan fingerprint density at radius 3 is 2.80 bits per heavy atom. The van der Waals surface area contributed by atoms with Gasteiger partial charge in [0.15, 0.2) is 0 Å². The summed E-state index contributed by atoms with van der Waals surface area (Å²) in [6.45, 7) is 7.84. The fourth-order valence-corrected chi connectivity index (χ4v) is 2.09. The van der Waals surface area contributed by atoms with Gasteiger partial charge in [0, 0.05) is 32.2 Å². The third-order valence-electron chi connectivity index (χ3n) is 3.34. The summed E-state index contributed by atoms with van der Waals surface area (Å²) in [4.78, 5) is 13.2. The second-order valence-electron chi connectivity index (χ2n) is 5.20. The second-order valence-corrected chi connectivity index (χ2v) is 5.20. The van der Waals surface area contributed by atoms with Crippen LogP contribution >= 0.6 is 0 Å². The number of ether oxygens (including phenoxy) is 1. The topological polar surface area (TPSA) is 53.6 Å². The third kappa shape index (κ3) is 4.42. The minimum Gasteiger partial charge on any atom is -0.492 e. The zero-order chi connectivity index (χ0) is 14.4. The van der Waals surface area contributed by atoms with Crippen molar-refractivity contribution >= 4 is 6.03 Å². The van der Waals surface area contributed by atoms with Gasteiger partial charge in [-0.2, -0.15) is 0 Å². The van der Waals surface area contributed by atoms with Gasteiger partial charge in [0.05, 0.1) is 0 Å². The molecule has 20 heavy (non-hydrogen) atoms. The van der Waals surface area contributed by atoms with Crippen LogP contribution in [0.15, 0.2) is 24.3 Å². The fraction of sp³-hybridized carbons (Fsp3) is 0.533. The number of hydrogen-bond donors (Lipinski definition) is 2. The lowest BCUT2D eigenvalue weighted by atomic mass is 10.2. The molecule has 1 atom stereocenters. The summed E-state index contributed by atoms with van der Waals surface area (Å²) in [7, 11) is 0. The first-order chi connectivity index (χ1) is 9.65. The minimum atomic E-state index is 0.0374. The van der Waals surface area contributed by atoms with Crippen LogP contribution in [0.1, 0.15) is 12.5 Å². The van der Waals surface area contributed by atoms with E-state index in [0.717, 1.165) is 31.9 Å². The number of aryl methyl sites for hydroxylation is 1. The van der Waals surface area contributed by atoms with Gasteiger partial charge >= 0.3 is 6.03 Å². The molecule has 2 amide bonds. The predicted octanol–water partition coefficient (Wildman–Crippen LogP) is 1.38. The summed E-state index contributed by atoms with van der Waals surface area (Å²) in [5, 5.41) is 6.16. The molecular weight excluding hydrogens is 254 g/mol. The molecule has 0 aromatic heterocycles. The van der Waals surface area contributed by atoms with Crippen LogP contribution in [0, 0.1) is 6.92 Å². The average Bonchev–Trinajstić information content (AvgIpc) is 2.84. The van der Waals surface area contributed by atoms with Crippen molar-refractivity contribution in [2.75, 3.05) is 32.8 Å². The molecular formula is C15H23N3O2. The Morgan fingerprint density at radius 2 is 2.15 bits per heavy atom. The van der Waals surface area contributed by atoms with E-state index in [0.29, 0.717) is 6.61 Å². The van der Waals surface area contributed by atoms with Gasteiger partial charge in [-0.15, -0.1) is 0 Å². The standard InChI is InChI=1S/C15H23N3O2/c1-12-3-5-14(6-4-12)20-11-13(2)16-7-9-18-10-8-17-15(18)19/h3-6,13,16H,7-11H2,1-2H3,(H,17,19). The Labute approximate surface area is 120 Å². The lowest BCUT2D eigenvalue weighted by Gasteiger charge is -2.18. The second kappa shape index (κ2) is 7.14. The maximum Gasteiger partial charge on any atom is 0.317 e. The molecule has 5 heteroatoms. The molecule has 1 aliphatic rings. The molecule has 5 nitrogen and oxygen atoms in total. The minimum absolute atomic E-state index is 0.0374. The van der Waals surface area contributed by atoms with E-state index in [1.54, 1.807) is 0 Å². The molecule has 2 N–H and O–H groups in total. The van der Waals surface area contributed by atoms with Gasteiger partial charge < -0.3 is 20.3 Å². The summed E-state index contributed by atoms with van der Waals surface area (Å²) in [6.07, 6.45) is 0. The van der Waals surface area contributed by atoms with Gasteiger partial charge in [-0.3, -0.25) is 0 Å². The molecule has 1 fully saturated rings. The van der Waals surface area contributed by atoms with Crippen molar-refractivity contribution in [3.63, 3.8) is 0 Å². The predicted molar refractivity (Wildman–Crippen MR) is 79.1 cm³/mol. The van der Waals surface area contributed by atoms with Gasteiger partial charge in [-0.05, 0) is 26.0 Å². The van der Waals surface area contributed by atoms with Gasteiger partial charge in [-0.25, -0.2) is 4.79 Å². The number of rotatable bonds is 7. The molecule has 0 saturated carbocycles. The molecule has 1 aromatic rings. The van der Waals surface area contributed by atoms with Crippen molar-refractivity contribution in [2.24, 2.45) is 0 Å². The third-order valence-corrected chi connectivity index (χ3v) is 3.34. The van der Waals surface area contributed by atoms with E-state index in [4.69, 9.17) is 4.74 Å². The SMILES string of the molecule is Cc1ccc(OCC(C)NCCN2CCNC2=O)cc1. The lowest BCUT2D eigenvalue weighted by Crippen LogP contribution is -2.39. The Hall–Kier alpha value is -1.75. The first-order valence-corrected chi connectivity index (χ1v) is 7.11. The average molecular weight is 277 g/mol. The van der Waals surface area contributed by atoms with Crippen LogP contribution < -0.4 is 15.4 Å². The smallest absolute Gasteiger partial charge is 0.317 e. The fourth-order valence-electron chi connectivity index (χ4n) is 2.09. The van der Waals surface area contributed by atoms with E-state index < -0.39 is 0 Å². The number of nitrogens with zero attached hydrogens (tertiary/aromatic N) is 1. The maximum atomic E-state index is 11.4. The molecule has 2 rings (SSSR count). The number of nitrogens with one attached hydrogen (secondary N) is 2. The van der Waals surface area contributed by atoms with Crippen molar-refractivity contribution in [1.82, 2.24) is 15.5 Å². The first kappa shape index (κ1) is 14.7. The number of urea groups is 1. The molecule has 1 saturated heterocycles. The molecule has 1 heterocycles. The van der Waals surface area contributed by atoms with E-state index in [9.17, 15) is 4.79 Å². The van der Waals surface area contributed by atoms with Crippen LogP contribution in [-0.2, 0) is 0 Å². The number of amides is 2. The highest BCUT2D eigenvalue weighted by atomic mass is 16.5. The van der Waals surface area contributed by atoms with Gasteiger partial charge in [0.2, 0.25) is 0 Å². The molecule has 1 aromatic carbocycles. The maximum absolute atomic E-state index is 11.4. The Balaban J connectivity index is 1.61. The van der Waals surface area contributed by atoms with Crippen molar-refractivity contribution < 1.29 is 9.53 Å². The highest BCUT2D eigenvalue weighted by Crippen LogP contribution is 2.11. The zero-order valence-corrected chi connectivity index (χ0v) is 12.2. The van der Waals surface area contributed by atoms with E-state index in [1.165, 1.54) is 5.56 Å². The van der Waals surface area contributed by atoms with E-state index in [2.05, 4.69) is 24.5 Å². The summed E-state index contributed by atoms with van der Waals surface area (Å²) >= 11 is 0. The van der Waals surface area contributed by atoms with E-state index in [-0.39, 0.29) is 12.1 Å². The highest BCUT2D eigenvalue weighted by Gasteiger charge is 2.18. The zero-order valence-electron chi connectivity index (χ0n) is 12.2. The van der Waals surface area contributed by atoms with E-state index >= 15 is 0 Å². The van der Waals surface area contributed by atoms with Gasteiger partial charge in [0.25, 0.3) is 0 Å². The summed E-state index contributed by atoms with van der Waals surface area (Å²) in [5.41, 5.74) is 1.23. The van der Waals surface area contributed by atoms with Crippen LogP contribution in [-0.4, -0.2) is 49.8 Å². The summed E-state index contributed by atoms with van der Waals surface area (Å²) in [5.74, 6) is 0.892. The van der Waals surface area contributed by atoms with Crippen molar-refractivity contribution in [3.05, 3.63) is 29.8 Å². The summed E-state index contributed by atoms with van der Waals surface area (Å²) in [6, 6.07) is 8.34. The van der Waals surface area contributed by atoms with Crippen LogP contribution in [0.3, 0.4) is 0 Å². The number of hydrogen-bond acceptors (Lipinski definition) is 3. The number of benzene rings is 1. The normalized spacial score (nSPS) is 16.1. The van der Waals surface area contributed by atoms with Crippen molar-refractivity contribution in [3.8, 4) is 5.75 Å². The van der Waals surface area contributed by atoms with Crippen LogP contribution in [0.4, 0.5) is 4.79 Å². The number of carbonyl (C=O) groups excluding carboxylic acids is 1. The van der Waals surface area contributed by atoms with Crippen LogP contribution in [0.2, 0.25) is 0 Å². The molecule has 1 aliphatic heterocycles. The Kier molecular flexibility index (Phi) is 5.24. The van der Waals surface area contributed by atoms with Crippen LogP contribution in [0.25, 0.3) is 0 Å². The monoisotopic (exact) mass is 277 g/mol. The Bertz CT molecular complexity index is 433. The quantitative estimate of drug-likeness (QED) is 0.791. The Morgan fingerprint density at radius 1 is 1.40 bits per heavy atom. The van der Waals surface area contributed by atoms with Gasteiger partial charge in [-0.1, -0.05) is 17.7 Å². The van der Waals surface area contributed by atoms with E-state index in [1.807, 2.05) is 29.2 Å². The summed E-state index contributed by atoms with van der Waals surface area (Å²) < 4.78 is 5.71. The molecule has 0 bridgehead atoms. The lowest BCUT2D eigenvalue weighted by molar-refractivity contribution is 0.215. The molecule has 0 aliphatic carbocycles. The first-order valence-electron chi connectivity index (χ1n) is 7.11. The molecule has 110 valence electrons. The van der Waals surface area contributed by atoms with Gasteiger partial charge in [0.1, 0.15) is 12.4 Å². The molecule has 0 radical (unpaired) electrons. The van der Waals surface area contributed by atoms with Crippen molar-refractivity contribution in [1.29, 1.82) is 0 Å². The number of carbonyl (C=O) groups is 1. The van der Waals surface area contributed by atoms with Crippen LogP contribution in [0.5, 0.6) is 5.75 Å². The highest BCUT2D eigenvalue weighted by molar-refractivity contribution is 5.76. The van der Waals surface area contributed by atoms with Crippen molar-refractivity contribution in [2.45, 2.75) is 19.9 Å². The molecule has 0 spiro atoms. The largest absolute Gasteiger partial charge is 0.492 e. The molecule has 1 unspecified atom stereocenters.